The van der Waals surface area contributed by atoms with E-state index in [1.54, 1.807) is 0 Å². The average Bonchev–Trinajstić information content (AvgIpc) is 3.17. The van der Waals surface area contributed by atoms with Crippen LogP contribution in [0.15, 0.2) is 18.7 Å². The number of imidazole rings is 1. The number of unbranched alkanes of at least 4 members (excludes halogenated alkanes) is 7. The maximum atomic E-state index is 6.39. The Labute approximate surface area is 155 Å². The van der Waals surface area contributed by atoms with Crippen LogP contribution >= 0.6 is 0 Å². The number of nitrogens with zero attached hydrogens (tertiary/aromatic N) is 2. The first-order chi connectivity index (χ1) is 12.4. The lowest BCUT2D eigenvalue weighted by molar-refractivity contribution is -0.00890. The fourth-order valence-electron chi connectivity index (χ4n) is 4.13. The Morgan fingerprint density at radius 1 is 1.00 bits per heavy atom. The molecule has 1 heterocycles. The van der Waals surface area contributed by atoms with Gasteiger partial charge in [0.1, 0.15) is 0 Å². The van der Waals surface area contributed by atoms with Crippen LogP contribution in [0.4, 0.5) is 0 Å². The van der Waals surface area contributed by atoms with Gasteiger partial charge in [0.05, 0.1) is 12.4 Å². The maximum absolute atomic E-state index is 6.39. The minimum Gasteiger partial charge on any atom is -0.378 e. The summed E-state index contributed by atoms with van der Waals surface area (Å²) in [4.78, 5) is 4.16. The van der Waals surface area contributed by atoms with Gasteiger partial charge in [-0.05, 0) is 31.6 Å². The smallest absolute Gasteiger partial charge is 0.0945 e. The monoisotopic (exact) mass is 348 g/mol. The van der Waals surface area contributed by atoms with E-state index in [0.717, 1.165) is 25.5 Å². The minimum atomic E-state index is 0.451. The predicted octanol–water partition coefficient (Wildman–Crippen LogP) is 6.38. The second-order valence-corrected chi connectivity index (χ2v) is 7.87. The summed E-state index contributed by atoms with van der Waals surface area (Å²) in [6, 6.07) is 0. The summed E-state index contributed by atoms with van der Waals surface area (Å²) >= 11 is 0. The van der Waals surface area contributed by atoms with Crippen molar-refractivity contribution in [1.82, 2.24) is 9.55 Å². The normalized spacial score (nSPS) is 17.0. The molecule has 0 saturated heterocycles. The molecule has 0 N–H and O–H groups in total. The lowest BCUT2D eigenvalue weighted by atomic mass is 9.84. The predicted molar refractivity (Wildman–Crippen MR) is 106 cm³/mol. The van der Waals surface area contributed by atoms with Crippen LogP contribution in [0.5, 0.6) is 0 Å². The number of aromatic nitrogens is 2. The highest BCUT2D eigenvalue weighted by molar-refractivity contribution is 4.78. The molecule has 1 fully saturated rings. The summed E-state index contributed by atoms with van der Waals surface area (Å²) in [5.74, 6) is 0.784. The Bertz CT molecular complexity index is 398. The first-order valence-electron chi connectivity index (χ1n) is 11.0. The highest BCUT2D eigenvalue weighted by atomic mass is 16.5. The highest BCUT2D eigenvalue weighted by Gasteiger charge is 2.24. The van der Waals surface area contributed by atoms with E-state index in [9.17, 15) is 0 Å². The van der Waals surface area contributed by atoms with Crippen LogP contribution < -0.4 is 0 Å². The molecule has 1 aromatic rings. The van der Waals surface area contributed by atoms with E-state index in [1.807, 2.05) is 12.5 Å². The number of aryl methyl sites for hydroxylation is 1. The van der Waals surface area contributed by atoms with E-state index in [-0.39, 0.29) is 0 Å². The van der Waals surface area contributed by atoms with Crippen molar-refractivity contribution in [2.45, 2.75) is 109 Å². The highest BCUT2D eigenvalue weighted by Crippen LogP contribution is 2.30. The molecule has 25 heavy (non-hydrogen) atoms. The zero-order valence-corrected chi connectivity index (χ0v) is 16.5. The van der Waals surface area contributed by atoms with Crippen LogP contribution in [0.1, 0.15) is 96.8 Å². The van der Waals surface area contributed by atoms with Gasteiger partial charge in [0, 0.05) is 25.5 Å². The Balaban J connectivity index is 1.60. The summed E-state index contributed by atoms with van der Waals surface area (Å²) in [6.45, 7) is 4.28. The number of ether oxygens (including phenoxy) is 1. The molecule has 0 radical (unpaired) electrons. The van der Waals surface area contributed by atoms with E-state index in [1.165, 1.54) is 83.5 Å². The molecular formula is C22H40N2O. The first-order valence-corrected chi connectivity index (χ1v) is 11.0. The van der Waals surface area contributed by atoms with E-state index < -0.39 is 0 Å². The third-order valence-electron chi connectivity index (χ3n) is 5.74. The van der Waals surface area contributed by atoms with Crippen LogP contribution in [-0.4, -0.2) is 22.3 Å². The molecule has 1 unspecified atom stereocenters. The van der Waals surface area contributed by atoms with Crippen molar-refractivity contribution in [3.05, 3.63) is 18.7 Å². The van der Waals surface area contributed by atoms with Gasteiger partial charge in [-0.15, -0.1) is 0 Å². The summed E-state index contributed by atoms with van der Waals surface area (Å²) in [5.41, 5.74) is 0. The van der Waals surface area contributed by atoms with Gasteiger partial charge in [-0.3, -0.25) is 0 Å². The summed E-state index contributed by atoms with van der Waals surface area (Å²) in [6.07, 6.45) is 25.4. The van der Waals surface area contributed by atoms with Gasteiger partial charge in [0.15, 0.2) is 0 Å². The Hall–Kier alpha value is -0.830. The Morgan fingerprint density at radius 2 is 1.72 bits per heavy atom. The van der Waals surface area contributed by atoms with Gasteiger partial charge < -0.3 is 9.30 Å². The fraction of sp³-hybridized carbons (Fsp3) is 0.864. The van der Waals surface area contributed by atoms with E-state index in [2.05, 4.69) is 22.7 Å². The SMILES string of the molecule is CCCCCCCCCCOC(CCn1ccnc1)C1CCCCC1. The molecule has 1 aliphatic carbocycles. The van der Waals surface area contributed by atoms with Gasteiger partial charge in [0.2, 0.25) is 0 Å². The fourth-order valence-corrected chi connectivity index (χ4v) is 4.13. The van der Waals surface area contributed by atoms with Crippen molar-refractivity contribution in [3.63, 3.8) is 0 Å². The molecule has 2 rings (SSSR count). The van der Waals surface area contributed by atoms with Crippen molar-refractivity contribution in [1.29, 1.82) is 0 Å². The third-order valence-corrected chi connectivity index (χ3v) is 5.74. The number of hydrogen-bond acceptors (Lipinski definition) is 2. The standard InChI is InChI=1S/C22H40N2O/c1-2-3-4-5-6-7-8-12-19-25-22(21-13-10-9-11-14-21)15-17-24-18-16-23-20-24/h16,18,20-22H,2-15,17,19H2,1H3. The Morgan fingerprint density at radius 3 is 2.40 bits per heavy atom. The lowest BCUT2D eigenvalue weighted by Gasteiger charge is -2.30. The van der Waals surface area contributed by atoms with Gasteiger partial charge in [-0.25, -0.2) is 4.98 Å². The topological polar surface area (TPSA) is 27.1 Å². The zero-order valence-electron chi connectivity index (χ0n) is 16.5. The largest absolute Gasteiger partial charge is 0.378 e. The molecule has 1 aromatic heterocycles. The molecule has 1 aliphatic rings. The molecule has 0 amide bonds. The van der Waals surface area contributed by atoms with Crippen molar-refractivity contribution in [2.24, 2.45) is 5.92 Å². The molecule has 3 nitrogen and oxygen atoms in total. The van der Waals surface area contributed by atoms with Crippen molar-refractivity contribution in [3.8, 4) is 0 Å². The third kappa shape index (κ3) is 8.89. The molecule has 0 aromatic carbocycles. The second-order valence-electron chi connectivity index (χ2n) is 7.87. The molecule has 144 valence electrons. The van der Waals surface area contributed by atoms with E-state index >= 15 is 0 Å². The van der Waals surface area contributed by atoms with Crippen LogP contribution in [-0.2, 0) is 11.3 Å². The van der Waals surface area contributed by atoms with E-state index in [0.29, 0.717) is 6.10 Å². The van der Waals surface area contributed by atoms with E-state index in [4.69, 9.17) is 4.74 Å². The molecule has 1 atom stereocenters. The van der Waals surface area contributed by atoms with Crippen molar-refractivity contribution >= 4 is 0 Å². The summed E-state index contributed by atoms with van der Waals surface area (Å²) in [5, 5.41) is 0. The van der Waals surface area contributed by atoms with Crippen LogP contribution in [0.25, 0.3) is 0 Å². The molecule has 0 bridgehead atoms. The molecule has 0 spiro atoms. The second kappa shape index (κ2) is 13.4. The van der Waals surface area contributed by atoms with Crippen molar-refractivity contribution in [2.75, 3.05) is 6.61 Å². The molecule has 1 saturated carbocycles. The number of hydrogen-bond donors (Lipinski definition) is 0. The first kappa shape index (κ1) is 20.5. The average molecular weight is 349 g/mol. The quantitative estimate of drug-likeness (QED) is 0.365. The van der Waals surface area contributed by atoms with Crippen LogP contribution in [0, 0.1) is 5.92 Å². The molecule has 0 aliphatic heterocycles. The van der Waals surface area contributed by atoms with Crippen LogP contribution in [0.2, 0.25) is 0 Å². The zero-order chi connectivity index (χ0) is 17.6. The Kier molecular flexibility index (Phi) is 11.0. The van der Waals surface area contributed by atoms with Crippen molar-refractivity contribution < 1.29 is 4.74 Å². The summed E-state index contributed by atoms with van der Waals surface area (Å²) < 4.78 is 8.58. The summed E-state index contributed by atoms with van der Waals surface area (Å²) in [7, 11) is 0. The molecular weight excluding hydrogens is 308 g/mol. The van der Waals surface area contributed by atoms with Gasteiger partial charge in [-0.1, -0.05) is 71.1 Å². The van der Waals surface area contributed by atoms with Gasteiger partial charge in [-0.2, -0.15) is 0 Å². The maximum Gasteiger partial charge on any atom is 0.0945 e. The van der Waals surface area contributed by atoms with Gasteiger partial charge >= 0.3 is 0 Å². The van der Waals surface area contributed by atoms with Gasteiger partial charge in [0.25, 0.3) is 0 Å². The lowest BCUT2D eigenvalue weighted by Crippen LogP contribution is -2.28. The van der Waals surface area contributed by atoms with Crippen LogP contribution in [0.3, 0.4) is 0 Å². The molecule has 3 heteroatoms. The minimum absolute atomic E-state index is 0.451. The number of rotatable bonds is 14.